The topological polar surface area (TPSA) is 63.2 Å². The average molecular weight is 306 g/mol. The molecular formula is C12H13ClFNO3S. The molecule has 0 aliphatic heterocycles. The molecular weight excluding hydrogens is 293 g/mol. The molecule has 1 aromatic rings. The number of carbonyl (C=O) groups is 1. The lowest BCUT2D eigenvalue weighted by Crippen LogP contribution is -2.32. The summed E-state index contributed by atoms with van der Waals surface area (Å²) in [6, 6.07) is 2.90. The molecule has 0 heterocycles. The Hall–Kier alpha value is -1.14. The number of nitrogens with one attached hydrogen (secondary N) is 1. The van der Waals surface area contributed by atoms with Crippen LogP contribution in [0.15, 0.2) is 23.1 Å². The van der Waals surface area contributed by atoms with Gasteiger partial charge in [-0.25, -0.2) is 12.8 Å². The maximum Gasteiger partial charge on any atom is 0.261 e. The van der Waals surface area contributed by atoms with Gasteiger partial charge in [0.05, 0.1) is 10.5 Å². The summed E-state index contributed by atoms with van der Waals surface area (Å²) < 4.78 is 35.8. The first-order chi connectivity index (χ1) is 8.88. The Bertz CT molecular complexity index is 599. The summed E-state index contributed by atoms with van der Waals surface area (Å²) >= 11 is 0. The zero-order valence-corrected chi connectivity index (χ0v) is 11.6. The minimum absolute atomic E-state index is 0.288. The quantitative estimate of drug-likeness (QED) is 0.868. The molecule has 1 amide bonds. The molecule has 0 aromatic heterocycles. The lowest BCUT2D eigenvalue weighted by Gasteiger charge is -2.25. The molecule has 0 unspecified atom stereocenters. The van der Waals surface area contributed by atoms with Crippen molar-refractivity contribution in [2.45, 2.75) is 24.2 Å². The average Bonchev–Trinajstić information content (AvgIpc) is 2.25. The second-order valence-corrected chi connectivity index (χ2v) is 7.15. The van der Waals surface area contributed by atoms with E-state index in [1.807, 2.05) is 0 Å². The van der Waals surface area contributed by atoms with Crippen molar-refractivity contribution in [2.75, 3.05) is 6.54 Å². The molecule has 19 heavy (non-hydrogen) atoms. The molecule has 0 atom stereocenters. The second-order valence-electron chi connectivity index (χ2n) is 4.59. The lowest BCUT2D eigenvalue weighted by atomic mass is 9.85. The highest BCUT2D eigenvalue weighted by molar-refractivity contribution is 8.13. The van der Waals surface area contributed by atoms with Crippen LogP contribution in [-0.2, 0) is 9.05 Å². The number of halogens is 2. The monoisotopic (exact) mass is 305 g/mol. The van der Waals surface area contributed by atoms with E-state index >= 15 is 0 Å². The molecule has 2 rings (SSSR count). The zero-order valence-electron chi connectivity index (χ0n) is 10.0. The van der Waals surface area contributed by atoms with Gasteiger partial charge in [-0.15, -0.1) is 0 Å². The van der Waals surface area contributed by atoms with E-state index in [2.05, 4.69) is 5.32 Å². The Morgan fingerprint density at radius 1 is 1.42 bits per heavy atom. The minimum atomic E-state index is -3.97. The van der Waals surface area contributed by atoms with Gasteiger partial charge in [-0.05, 0) is 37.0 Å². The van der Waals surface area contributed by atoms with E-state index in [-0.39, 0.29) is 10.5 Å². The summed E-state index contributed by atoms with van der Waals surface area (Å²) in [6.07, 6.45) is 3.26. The van der Waals surface area contributed by atoms with Gasteiger partial charge in [0.2, 0.25) is 0 Å². The van der Waals surface area contributed by atoms with Crippen LogP contribution in [0.3, 0.4) is 0 Å². The Morgan fingerprint density at radius 2 is 2.11 bits per heavy atom. The number of carbonyl (C=O) groups excluding carboxylic acids is 1. The molecule has 0 bridgehead atoms. The Morgan fingerprint density at radius 3 is 2.63 bits per heavy atom. The fourth-order valence-electron chi connectivity index (χ4n) is 1.86. The Kier molecular flexibility index (Phi) is 4.10. The maximum atomic E-state index is 13.5. The van der Waals surface area contributed by atoms with E-state index in [1.54, 1.807) is 0 Å². The van der Waals surface area contributed by atoms with Gasteiger partial charge >= 0.3 is 0 Å². The van der Waals surface area contributed by atoms with Gasteiger partial charge < -0.3 is 5.32 Å². The smallest absolute Gasteiger partial charge is 0.261 e. The first-order valence-electron chi connectivity index (χ1n) is 5.90. The summed E-state index contributed by atoms with van der Waals surface area (Å²) in [5, 5.41) is 2.60. The van der Waals surface area contributed by atoms with Crippen molar-refractivity contribution in [3.05, 3.63) is 29.6 Å². The van der Waals surface area contributed by atoms with Crippen LogP contribution in [0, 0.1) is 11.7 Å². The highest BCUT2D eigenvalue weighted by atomic mass is 35.7. The van der Waals surface area contributed by atoms with Crippen molar-refractivity contribution in [1.29, 1.82) is 0 Å². The zero-order chi connectivity index (χ0) is 14.0. The maximum absolute atomic E-state index is 13.5. The van der Waals surface area contributed by atoms with Crippen LogP contribution in [0.2, 0.25) is 0 Å². The largest absolute Gasteiger partial charge is 0.352 e. The van der Waals surface area contributed by atoms with Crippen LogP contribution in [0.4, 0.5) is 4.39 Å². The molecule has 1 N–H and O–H groups in total. The van der Waals surface area contributed by atoms with Gasteiger partial charge in [-0.1, -0.05) is 6.42 Å². The predicted molar refractivity (Wildman–Crippen MR) is 69.1 cm³/mol. The van der Waals surface area contributed by atoms with E-state index in [9.17, 15) is 17.6 Å². The summed E-state index contributed by atoms with van der Waals surface area (Å²) in [7, 11) is 1.19. The van der Waals surface area contributed by atoms with E-state index in [4.69, 9.17) is 10.7 Å². The molecule has 0 saturated heterocycles. The summed E-state index contributed by atoms with van der Waals surface area (Å²) in [4.78, 5) is 11.5. The van der Waals surface area contributed by atoms with Crippen molar-refractivity contribution in [3.8, 4) is 0 Å². The van der Waals surface area contributed by atoms with Gasteiger partial charge in [0.1, 0.15) is 5.82 Å². The number of hydrogen-bond donors (Lipinski definition) is 1. The lowest BCUT2D eigenvalue weighted by molar-refractivity contribution is 0.0935. The van der Waals surface area contributed by atoms with Crippen LogP contribution in [0.25, 0.3) is 0 Å². The molecule has 104 valence electrons. The number of rotatable bonds is 4. The van der Waals surface area contributed by atoms with Gasteiger partial charge in [-0.2, -0.15) is 0 Å². The normalized spacial score (nSPS) is 15.9. The fraction of sp³-hybridized carbons (Fsp3) is 0.417. The van der Waals surface area contributed by atoms with Crippen molar-refractivity contribution in [3.63, 3.8) is 0 Å². The van der Waals surface area contributed by atoms with Crippen molar-refractivity contribution >= 4 is 25.6 Å². The van der Waals surface area contributed by atoms with Crippen LogP contribution in [0.5, 0.6) is 0 Å². The van der Waals surface area contributed by atoms with Crippen LogP contribution >= 0.6 is 10.7 Å². The Labute approximate surface area is 115 Å². The first-order valence-corrected chi connectivity index (χ1v) is 8.21. The second kappa shape index (κ2) is 5.46. The molecule has 0 spiro atoms. The van der Waals surface area contributed by atoms with E-state index in [0.717, 1.165) is 37.5 Å². The number of hydrogen-bond acceptors (Lipinski definition) is 3. The first kappa shape index (κ1) is 14.3. The van der Waals surface area contributed by atoms with Crippen LogP contribution in [-0.4, -0.2) is 20.9 Å². The SMILES string of the molecule is O=C(NCC1CCC1)c1cc(S(=O)(=O)Cl)ccc1F. The highest BCUT2D eigenvalue weighted by Crippen LogP contribution is 2.25. The van der Waals surface area contributed by atoms with Gasteiger partial charge in [0.25, 0.3) is 15.0 Å². The molecule has 4 nitrogen and oxygen atoms in total. The van der Waals surface area contributed by atoms with E-state index < -0.39 is 20.8 Å². The van der Waals surface area contributed by atoms with Gasteiger partial charge in [0, 0.05) is 17.2 Å². The van der Waals surface area contributed by atoms with Gasteiger partial charge in [-0.3, -0.25) is 4.79 Å². The molecule has 7 heteroatoms. The number of benzene rings is 1. The third kappa shape index (κ3) is 3.45. The molecule has 0 radical (unpaired) electrons. The molecule has 1 aliphatic carbocycles. The molecule has 1 fully saturated rings. The fourth-order valence-corrected chi connectivity index (χ4v) is 2.64. The van der Waals surface area contributed by atoms with Crippen molar-refractivity contribution in [2.24, 2.45) is 5.92 Å². The Balaban J connectivity index is 2.15. The summed E-state index contributed by atoms with van der Waals surface area (Å²) in [5.41, 5.74) is -0.305. The molecule has 1 aliphatic rings. The van der Waals surface area contributed by atoms with Crippen molar-refractivity contribution < 1.29 is 17.6 Å². The van der Waals surface area contributed by atoms with Crippen LogP contribution in [0.1, 0.15) is 29.6 Å². The molecule has 1 saturated carbocycles. The minimum Gasteiger partial charge on any atom is -0.352 e. The third-order valence-corrected chi connectivity index (χ3v) is 4.59. The highest BCUT2D eigenvalue weighted by Gasteiger charge is 2.21. The number of amides is 1. The van der Waals surface area contributed by atoms with Crippen LogP contribution < -0.4 is 5.32 Å². The third-order valence-electron chi connectivity index (χ3n) is 3.24. The van der Waals surface area contributed by atoms with E-state index in [0.29, 0.717) is 12.5 Å². The standard InChI is InChI=1S/C12H13ClFNO3S/c13-19(17,18)9-4-5-11(14)10(6-9)12(16)15-7-8-2-1-3-8/h4-6,8H,1-3,7H2,(H,15,16). The summed E-state index contributed by atoms with van der Waals surface area (Å²) in [5.74, 6) is -0.950. The van der Waals surface area contributed by atoms with E-state index in [1.165, 1.54) is 0 Å². The molecule has 1 aromatic carbocycles. The predicted octanol–water partition coefficient (Wildman–Crippen LogP) is 2.28. The van der Waals surface area contributed by atoms with Gasteiger partial charge in [0.15, 0.2) is 0 Å². The van der Waals surface area contributed by atoms with Crippen molar-refractivity contribution in [1.82, 2.24) is 5.32 Å². The summed E-state index contributed by atoms with van der Waals surface area (Å²) in [6.45, 7) is 0.482.